The van der Waals surface area contributed by atoms with Gasteiger partial charge in [-0.05, 0) is 30.2 Å². The third-order valence-electron chi connectivity index (χ3n) is 4.54. The summed E-state index contributed by atoms with van der Waals surface area (Å²) in [7, 11) is -2.05. The van der Waals surface area contributed by atoms with E-state index in [1.54, 1.807) is 0 Å². The van der Waals surface area contributed by atoms with Crippen molar-refractivity contribution in [2.24, 2.45) is 5.16 Å². The van der Waals surface area contributed by atoms with E-state index in [-0.39, 0.29) is 10.9 Å². The van der Waals surface area contributed by atoms with Crippen LogP contribution in [0.4, 0.5) is 5.69 Å². The fourth-order valence-electron chi connectivity index (χ4n) is 2.33. The average Bonchev–Trinajstić information content (AvgIpc) is 2.67. The zero-order valence-corrected chi connectivity index (χ0v) is 16.6. The summed E-state index contributed by atoms with van der Waals surface area (Å²) >= 11 is 3.48. The smallest absolute Gasteiger partial charge is 0.273 e. The van der Waals surface area contributed by atoms with Gasteiger partial charge < -0.3 is 9.40 Å². The normalized spacial score (nSPS) is 17.1. The van der Waals surface area contributed by atoms with E-state index in [1.807, 2.05) is 29.7 Å². The first kappa shape index (κ1) is 17.2. The summed E-state index contributed by atoms with van der Waals surface area (Å²) in [5.74, 6) is -0.0480. The molecule has 1 aromatic carbocycles. The molecule has 2 rings (SSSR count). The van der Waals surface area contributed by atoms with Crippen LogP contribution < -0.4 is 4.57 Å². The summed E-state index contributed by atoms with van der Waals surface area (Å²) in [5.41, 5.74) is 2.19. The number of oxime groups is 1. The van der Waals surface area contributed by atoms with Gasteiger partial charge in [0.25, 0.3) is 5.91 Å². The van der Waals surface area contributed by atoms with Crippen LogP contribution >= 0.6 is 15.9 Å². The van der Waals surface area contributed by atoms with E-state index in [0.29, 0.717) is 12.3 Å². The van der Waals surface area contributed by atoms with Crippen LogP contribution in [0.3, 0.4) is 0 Å². The molecule has 1 aromatic rings. The predicted octanol–water partition coefficient (Wildman–Crippen LogP) is 4.54. The van der Waals surface area contributed by atoms with Crippen LogP contribution in [0.5, 0.6) is 0 Å². The summed E-state index contributed by atoms with van der Waals surface area (Å²) in [6, 6.07) is 5.90. The molecule has 1 amide bonds. The maximum Gasteiger partial charge on any atom is 0.273 e. The topological polar surface area (TPSA) is 41.9 Å². The van der Waals surface area contributed by atoms with Crippen LogP contribution in [0.15, 0.2) is 27.8 Å². The highest BCUT2D eigenvalue weighted by molar-refractivity contribution is 9.10. The van der Waals surface area contributed by atoms with Crippen LogP contribution in [0, 0.1) is 0 Å². The second-order valence-electron chi connectivity index (χ2n) is 6.97. The number of benzene rings is 1. The van der Waals surface area contributed by atoms with E-state index < -0.39 is 8.24 Å². The van der Waals surface area contributed by atoms with E-state index in [4.69, 9.17) is 4.84 Å². The Kier molecular flexibility index (Phi) is 4.55. The van der Waals surface area contributed by atoms with Crippen LogP contribution in [-0.2, 0) is 9.63 Å². The van der Waals surface area contributed by atoms with Gasteiger partial charge in [0.2, 0.25) is 0 Å². The molecule has 1 aliphatic rings. The molecule has 0 atom stereocenters. The van der Waals surface area contributed by atoms with Gasteiger partial charge in [-0.15, -0.1) is 0 Å². The molecule has 120 valence electrons. The molecule has 0 unspecified atom stereocenters. The Morgan fingerprint density at radius 2 is 1.95 bits per heavy atom. The third kappa shape index (κ3) is 2.74. The number of hydrogen-bond donors (Lipinski definition) is 0. The molecule has 1 heterocycles. The van der Waals surface area contributed by atoms with Gasteiger partial charge in [-0.2, -0.15) is 0 Å². The first-order valence-electron chi connectivity index (χ1n) is 7.45. The third-order valence-corrected chi connectivity index (χ3v) is 10.3. The minimum atomic E-state index is -2.05. The SMILES string of the molecule is CCO/N=C1\C(=O)N([Si](C)(C)C(C)(C)C)c2ccc(Br)cc21. The number of hydrogen-bond acceptors (Lipinski definition) is 3. The van der Waals surface area contributed by atoms with Gasteiger partial charge in [-0.3, -0.25) is 4.79 Å². The molecule has 0 aliphatic carbocycles. The fraction of sp³-hybridized carbons (Fsp3) is 0.500. The molecule has 6 heteroatoms. The van der Waals surface area contributed by atoms with Crippen molar-refractivity contribution >= 4 is 41.5 Å². The average molecular weight is 383 g/mol. The van der Waals surface area contributed by atoms with Crippen molar-refractivity contribution < 1.29 is 9.63 Å². The molecule has 0 fully saturated rings. The van der Waals surface area contributed by atoms with Gasteiger partial charge in [0.1, 0.15) is 6.61 Å². The summed E-state index contributed by atoms with van der Waals surface area (Å²) in [5, 5.41) is 4.13. The lowest BCUT2D eigenvalue weighted by molar-refractivity contribution is -0.111. The van der Waals surface area contributed by atoms with Crippen molar-refractivity contribution in [1.29, 1.82) is 0 Å². The molecule has 0 saturated heterocycles. The van der Waals surface area contributed by atoms with Crippen molar-refractivity contribution in [2.75, 3.05) is 11.2 Å². The van der Waals surface area contributed by atoms with Crippen LogP contribution in [0.2, 0.25) is 18.1 Å². The highest BCUT2D eigenvalue weighted by atomic mass is 79.9. The molecule has 4 nitrogen and oxygen atoms in total. The molecule has 22 heavy (non-hydrogen) atoms. The Bertz CT molecular complexity index is 636. The van der Waals surface area contributed by atoms with Crippen molar-refractivity contribution in [1.82, 2.24) is 0 Å². The number of nitrogens with zero attached hydrogens (tertiary/aromatic N) is 2. The predicted molar refractivity (Wildman–Crippen MR) is 97.0 cm³/mol. The quantitative estimate of drug-likeness (QED) is 0.568. The standard InChI is InChI=1S/C16H23BrN2O2Si/c1-7-21-18-14-12-10-11(17)8-9-13(12)19(15(14)20)22(5,6)16(2,3)4/h8-10H,7H2,1-6H3/b18-14-. The second-order valence-corrected chi connectivity index (χ2v) is 12.9. The molecular formula is C16H23BrN2O2Si. The Hall–Kier alpha value is -1.14. The van der Waals surface area contributed by atoms with Gasteiger partial charge >= 0.3 is 0 Å². The zero-order valence-electron chi connectivity index (χ0n) is 14.0. The first-order valence-corrected chi connectivity index (χ1v) is 11.2. The van der Waals surface area contributed by atoms with Crippen molar-refractivity contribution in [3.63, 3.8) is 0 Å². The number of anilines is 1. The maximum absolute atomic E-state index is 13.0. The van der Waals surface area contributed by atoms with E-state index in [0.717, 1.165) is 15.7 Å². The fourth-order valence-corrected chi connectivity index (χ4v) is 4.77. The highest BCUT2D eigenvalue weighted by Crippen LogP contribution is 2.44. The van der Waals surface area contributed by atoms with Crippen LogP contribution in [-0.4, -0.2) is 26.5 Å². The Balaban J connectivity index is 2.63. The summed E-state index contributed by atoms with van der Waals surface area (Å²) in [6.07, 6.45) is 0. The summed E-state index contributed by atoms with van der Waals surface area (Å²) < 4.78 is 2.91. The monoisotopic (exact) mass is 382 g/mol. The number of amides is 1. The minimum absolute atomic E-state index is 0.0480. The van der Waals surface area contributed by atoms with Gasteiger partial charge in [0.15, 0.2) is 13.9 Å². The summed E-state index contributed by atoms with van der Waals surface area (Å²) in [6.45, 7) is 13.3. The number of carbonyl (C=O) groups excluding carboxylic acids is 1. The number of carbonyl (C=O) groups is 1. The lowest BCUT2D eigenvalue weighted by Gasteiger charge is -2.43. The lowest BCUT2D eigenvalue weighted by atomic mass is 10.1. The molecule has 0 aromatic heterocycles. The lowest BCUT2D eigenvalue weighted by Crippen LogP contribution is -2.57. The molecule has 0 spiro atoms. The molecule has 1 aliphatic heterocycles. The molecule has 0 radical (unpaired) electrons. The Labute approximate surface area is 141 Å². The largest absolute Gasteiger partial charge is 0.395 e. The molecule has 0 N–H and O–H groups in total. The van der Waals surface area contributed by atoms with Gasteiger partial charge in [0.05, 0.1) is 0 Å². The van der Waals surface area contributed by atoms with Crippen molar-refractivity contribution in [3.8, 4) is 0 Å². The van der Waals surface area contributed by atoms with Gasteiger partial charge in [-0.25, -0.2) is 0 Å². The summed E-state index contributed by atoms with van der Waals surface area (Å²) in [4.78, 5) is 18.2. The first-order chi connectivity index (χ1) is 10.1. The van der Waals surface area contributed by atoms with Crippen molar-refractivity contribution in [3.05, 3.63) is 28.2 Å². The zero-order chi connectivity index (χ0) is 16.7. The van der Waals surface area contributed by atoms with E-state index >= 15 is 0 Å². The Morgan fingerprint density at radius 3 is 2.50 bits per heavy atom. The number of halogens is 1. The van der Waals surface area contributed by atoms with E-state index in [2.05, 4.69) is 55.0 Å². The number of fused-ring (bicyclic) bond motifs is 1. The number of rotatable bonds is 3. The highest BCUT2D eigenvalue weighted by Gasteiger charge is 2.49. The van der Waals surface area contributed by atoms with Crippen molar-refractivity contribution in [2.45, 2.75) is 45.8 Å². The van der Waals surface area contributed by atoms with E-state index in [1.165, 1.54) is 0 Å². The second kappa shape index (κ2) is 5.81. The minimum Gasteiger partial charge on any atom is -0.395 e. The molecule has 0 saturated carbocycles. The maximum atomic E-state index is 13.0. The van der Waals surface area contributed by atoms with E-state index in [9.17, 15) is 4.79 Å². The van der Waals surface area contributed by atoms with Gasteiger partial charge in [0, 0.05) is 15.7 Å². The molecule has 0 bridgehead atoms. The Morgan fingerprint density at radius 1 is 1.32 bits per heavy atom. The van der Waals surface area contributed by atoms with Gasteiger partial charge in [-0.1, -0.05) is 55.0 Å². The van der Waals surface area contributed by atoms with Crippen LogP contribution in [0.25, 0.3) is 0 Å². The van der Waals surface area contributed by atoms with Crippen LogP contribution in [0.1, 0.15) is 33.3 Å². The molecular weight excluding hydrogens is 360 g/mol.